The van der Waals surface area contributed by atoms with Gasteiger partial charge in [-0.25, -0.2) is 4.98 Å². The van der Waals surface area contributed by atoms with Crippen LogP contribution in [0.3, 0.4) is 0 Å². The molecular weight excluding hydrogens is 256 g/mol. The lowest BCUT2D eigenvalue weighted by Crippen LogP contribution is -2.04. The van der Waals surface area contributed by atoms with Crippen molar-refractivity contribution < 1.29 is 4.92 Å². The highest BCUT2D eigenvalue weighted by atomic mass is 16.6. The highest BCUT2D eigenvalue weighted by Crippen LogP contribution is 2.26. The summed E-state index contributed by atoms with van der Waals surface area (Å²) in [5.74, 6) is 0.513. The van der Waals surface area contributed by atoms with Gasteiger partial charge in [0.15, 0.2) is 0 Å². The summed E-state index contributed by atoms with van der Waals surface area (Å²) in [5.41, 5.74) is 2.37. The minimum atomic E-state index is -0.409. The number of nitro groups is 1. The first-order valence-electron chi connectivity index (χ1n) is 6.43. The molecule has 0 aliphatic rings. The highest BCUT2D eigenvalue weighted by Gasteiger charge is 2.13. The Hall–Kier alpha value is -2.50. The van der Waals surface area contributed by atoms with Gasteiger partial charge in [-0.2, -0.15) is 0 Å². The number of anilines is 1. The Bertz CT molecular complexity index is 628. The number of rotatable bonds is 5. The summed E-state index contributed by atoms with van der Waals surface area (Å²) in [7, 11) is 0. The predicted molar refractivity (Wildman–Crippen MR) is 77.6 cm³/mol. The van der Waals surface area contributed by atoms with Crippen molar-refractivity contribution in [1.29, 1.82) is 0 Å². The van der Waals surface area contributed by atoms with Gasteiger partial charge in [-0.1, -0.05) is 6.92 Å². The standard InChI is InChI=1S/C14H16N4O2/c1-3-5-16-14-8-11(18(19)20)7-13(17-14)12-9-15-6-4-10(12)2/h4,6-9H,3,5H2,1-2H3,(H,16,17). The molecule has 0 spiro atoms. The summed E-state index contributed by atoms with van der Waals surface area (Å²) in [5, 5.41) is 14.1. The molecule has 2 rings (SSSR count). The van der Waals surface area contributed by atoms with E-state index in [-0.39, 0.29) is 5.69 Å². The van der Waals surface area contributed by atoms with E-state index >= 15 is 0 Å². The quantitative estimate of drug-likeness (QED) is 0.667. The van der Waals surface area contributed by atoms with Gasteiger partial charge in [-0.15, -0.1) is 0 Å². The molecule has 1 N–H and O–H groups in total. The molecule has 0 bridgehead atoms. The van der Waals surface area contributed by atoms with Crippen molar-refractivity contribution in [2.24, 2.45) is 0 Å². The molecule has 2 aromatic heterocycles. The van der Waals surface area contributed by atoms with Crippen LogP contribution in [0.5, 0.6) is 0 Å². The fraction of sp³-hybridized carbons (Fsp3) is 0.286. The van der Waals surface area contributed by atoms with Gasteiger partial charge >= 0.3 is 0 Å². The lowest BCUT2D eigenvalue weighted by Gasteiger charge is -2.08. The monoisotopic (exact) mass is 272 g/mol. The van der Waals surface area contributed by atoms with E-state index < -0.39 is 4.92 Å². The molecule has 0 radical (unpaired) electrons. The third-order valence-electron chi connectivity index (χ3n) is 2.89. The van der Waals surface area contributed by atoms with Gasteiger partial charge in [0.25, 0.3) is 5.69 Å². The van der Waals surface area contributed by atoms with Crippen molar-refractivity contribution in [3.63, 3.8) is 0 Å². The molecule has 2 aromatic rings. The van der Waals surface area contributed by atoms with Crippen LogP contribution in [0.25, 0.3) is 11.3 Å². The van der Waals surface area contributed by atoms with Crippen molar-refractivity contribution in [3.05, 3.63) is 46.3 Å². The van der Waals surface area contributed by atoms with Crippen molar-refractivity contribution in [3.8, 4) is 11.3 Å². The van der Waals surface area contributed by atoms with E-state index in [1.165, 1.54) is 12.1 Å². The normalized spacial score (nSPS) is 10.3. The Morgan fingerprint density at radius 3 is 2.85 bits per heavy atom. The third kappa shape index (κ3) is 3.09. The zero-order valence-electron chi connectivity index (χ0n) is 11.5. The van der Waals surface area contributed by atoms with E-state index in [1.54, 1.807) is 12.4 Å². The molecule has 0 aromatic carbocycles. The van der Waals surface area contributed by atoms with E-state index in [9.17, 15) is 10.1 Å². The Balaban J connectivity index is 2.49. The zero-order chi connectivity index (χ0) is 14.5. The van der Waals surface area contributed by atoms with Gasteiger partial charge in [-0.05, 0) is 25.0 Å². The second kappa shape index (κ2) is 6.10. The molecule has 0 atom stereocenters. The van der Waals surface area contributed by atoms with Crippen LogP contribution in [0.2, 0.25) is 0 Å². The molecule has 0 aliphatic heterocycles. The van der Waals surface area contributed by atoms with Crippen LogP contribution >= 0.6 is 0 Å². The summed E-state index contributed by atoms with van der Waals surface area (Å²) >= 11 is 0. The average Bonchev–Trinajstić information content (AvgIpc) is 2.45. The number of aryl methyl sites for hydroxylation is 1. The smallest absolute Gasteiger partial charge is 0.275 e. The molecule has 0 saturated heterocycles. The number of pyridine rings is 2. The average molecular weight is 272 g/mol. The van der Waals surface area contributed by atoms with Gasteiger partial charge in [0.05, 0.1) is 16.7 Å². The third-order valence-corrected chi connectivity index (χ3v) is 2.89. The maximum Gasteiger partial charge on any atom is 0.275 e. The van der Waals surface area contributed by atoms with Crippen LogP contribution in [0, 0.1) is 17.0 Å². The first-order chi connectivity index (χ1) is 9.61. The zero-order valence-corrected chi connectivity index (χ0v) is 11.5. The van der Waals surface area contributed by atoms with Crippen molar-refractivity contribution >= 4 is 11.5 Å². The number of nitrogens with zero attached hydrogens (tertiary/aromatic N) is 3. The second-order valence-electron chi connectivity index (χ2n) is 4.47. The van der Waals surface area contributed by atoms with Gasteiger partial charge < -0.3 is 5.32 Å². The molecule has 6 heteroatoms. The lowest BCUT2D eigenvalue weighted by molar-refractivity contribution is -0.384. The van der Waals surface area contributed by atoms with Gasteiger partial charge in [0.2, 0.25) is 0 Å². The molecule has 6 nitrogen and oxygen atoms in total. The largest absolute Gasteiger partial charge is 0.370 e. The van der Waals surface area contributed by atoms with Crippen LogP contribution in [0.15, 0.2) is 30.6 Å². The summed E-state index contributed by atoms with van der Waals surface area (Å²) in [6, 6.07) is 4.78. The number of nitrogens with one attached hydrogen (secondary N) is 1. The molecule has 0 saturated carbocycles. The fourth-order valence-electron chi connectivity index (χ4n) is 1.84. The SMILES string of the molecule is CCCNc1cc([N+](=O)[O-])cc(-c2cnccc2C)n1. The van der Waals surface area contributed by atoms with Crippen molar-refractivity contribution in [2.45, 2.75) is 20.3 Å². The molecule has 2 heterocycles. The van der Waals surface area contributed by atoms with Crippen LogP contribution in [-0.4, -0.2) is 21.4 Å². The Morgan fingerprint density at radius 1 is 1.40 bits per heavy atom. The topological polar surface area (TPSA) is 81.0 Å². The predicted octanol–water partition coefficient (Wildman–Crippen LogP) is 3.18. The number of aromatic nitrogens is 2. The maximum atomic E-state index is 11.0. The van der Waals surface area contributed by atoms with Crippen molar-refractivity contribution in [2.75, 3.05) is 11.9 Å². The van der Waals surface area contributed by atoms with Gasteiger partial charge in [0, 0.05) is 30.6 Å². The number of hydrogen-bond acceptors (Lipinski definition) is 5. The first kappa shape index (κ1) is 13.9. The molecule has 20 heavy (non-hydrogen) atoms. The van der Waals surface area contributed by atoms with Crippen LogP contribution < -0.4 is 5.32 Å². The minimum Gasteiger partial charge on any atom is -0.370 e. The first-order valence-corrected chi connectivity index (χ1v) is 6.43. The Kier molecular flexibility index (Phi) is 4.24. The van der Waals surface area contributed by atoms with E-state index in [0.717, 1.165) is 24.1 Å². The van der Waals surface area contributed by atoms with E-state index in [4.69, 9.17) is 0 Å². The summed E-state index contributed by atoms with van der Waals surface area (Å²) in [6.07, 6.45) is 4.28. The molecule has 0 unspecified atom stereocenters. The molecule has 0 amide bonds. The molecular formula is C14H16N4O2. The lowest BCUT2D eigenvalue weighted by atomic mass is 10.1. The van der Waals surface area contributed by atoms with Crippen LogP contribution in [0.4, 0.5) is 11.5 Å². The summed E-state index contributed by atoms with van der Waals surface area (Å²) in [4.78, 5) is 19.1. The molecule has 0 aliphatic carbocycles. The van der Waals surface area contributed by atoms with Crippen molar-refractivity contribution in [1.82, 2.24) is 9.97 Å². The summed E-state index contributed by atoms with van der Waals surface area (Å²) in [6.45, 7) is 4.67. The van der Waals surface area contributed by atoms with Gasteiger partial charge in [-0.3, -0.25) is 15.1 Å². The highest BCUT2D eigenvalue weighted by molar-refractivity contribution is 5.67. The van der Waals surface area contributed by atoms with E-state index in [2.05, 4.69) is 15.3 Å². The van der Waals surface area contributed by atoms with E-state index in [0.29, 0.717) is 11.5 Å². The van der Waals surface area contributed by atoms with E-state index in [1.807, 2.05) is 19.9 Å². The fourth-order valence-corrected chi connectivity index (χ4v) is 1.84. The second-order valence-corrected chi connectivity index (χ2v) is 4.47. The molecule has 104 valence electrons. The summed E-state index contributed by atoms with van der Waals surface area (Å²) < 4.78 is 0. The van der Waals surface area contributed by atoms with Crippen LogP contribution in [0.1, 0.15) is 18.9 Å². The van der Waals surface area contributed by atoms with Gasteiger partial charge in [0.1, 0.15) is 5.82 Å². The number of hydrogen-bond donors (Lipinski definition) is 1. The van der Waals surface area contributed by atoms with Crippen LogP contribution in [-0.2, 0) is 0 Å². The molecule has 0 fully saturated rings. The Labute approximate surface area is 117 Å². The maximum absolute atomic E-state index is 11.0. The minimum absolute atomic E-state index is 0.0249. The Morgan fingerprint density at radius 2 is 2.20 bits per heavy atom.